The van der Waals surface area contributed by atoms with Gasteiger partial charge in [-0.05, 0) is 67.2 Å². The van der Waals surface area contributed by atoms with Crippen LogP contribution in [0.1, 0.15) is 49.9 Å². The Morgan fingerprint density at radius 1 is 1.07 bits per heavy atom. The van der Waals surface area contributed by atoms with Crippen LogP contribution in [0, 0.1) is 18.7 Å². The maximum atomic E-state index is 13.6. The third-order valence-electron chi connectivity index (χ3n) is 7.38. The largest absolute Gasteiger partial charge is 0.358 e. The molecule has 208 valence electrons. The molecular weight excluding hydrogens is 511 g/mol. The van der Waals surface area contributed by atoms with Gasteiger partial charge in [-0.2, -0.15) is 5.10 Å². The number of aryl methyl sites for hydroxylation is 1. The van der Waals surface area contributed by atoms with Crippen LogP contribution in [-0.4, -0.2) is 25.1 Å². The van der Waals surface area contributed by atoms with Gasteiger partial charge in [-0.1, -0.05) is 57.7 Å². The van der Waals surface area contributed by atoms with Crippen LogP contribution in [0.2, 0.25) is 0 Å². The van der Waals surface area contributed by atoms with Crippen molar-refractivity contribution >= 4 is 22.2 Å². The number of aromatic nitrogens is 5. The van der Waals surface area contributed by atoms with Crippen LogP contribution >= 0.6 is 0 Å². The Hall–Kier alpha value is -4.78. The molecule has 0 unspecified atom stereocenters. The number of pyridine rings is 2. The lowest BCUT2D eigenvalue weighted by Gasteiger charge is -2.28. The van der Waals surface area contributed by atoms with E-state index in [-0.39, 0.29) is 5.82 Å². The highest BCUT2D eigenvalue weighted by Gasteiger charge is 2.21. The Bertz CT molecular complexity index is 1720. The number of benzene rings is 1. The minimum absolute atomic E-state index is 0.268. The summed E-state index contributed by atoms with van der Waals surface area (Å²) in [5.41, 5.74) is 9.99. The van der Waals surface area contributed by atoms with Gasteiger partial charge < -0.3 is 10.3 Å². The van der Waals surface area contributed by atoms with Crippen LogP contribution in [0.4, 0.5) is 10.1 Å². The molecule has 5 aromatic rings. The minimum Gasteiger partial charge on any atom is -0.358 e. The van der Waals surface area contributed by atoms with E-state index in [0.717, 1.165) is 67.3 Å². The summed E-state index contributed by atoms with van der Waals surface area (Å²) in [6, 6.07) is 12.6. The maximum absolute atomic E-state index is 13.6. The number of anilines is 1. The van der Waals surface area contributed by atoms with E-state index in [1.54, 1.807) is 24.4 Å². The summed E-state index contributed by atoms with van der Waals surface area (Å²) in [5, 5.41) is 12.1. The lowest BCUT2D eigenvalue weighted by Crippen LogP contribution is -2.18. The zero-order valence-corrected chi connectivity index (χ0v) is 23.8. The van der Waals surface area contributed by atoms with E-state index in [4.69, 9.17) is 0 Å². The summed E-state index contributed by atoms with van der Waals surface area (Å²) < 4.78 is 13.6. The molecule has 6 rings (SSSR count). The summed E-state index contributed by atoms with van der Waals surface area (Å²) in [6.07, 6.45) is 12.7. The van der Waals surface area contributed by atoms with E-state index in [9.17, 15) is 4.39 Å². The van der Waals surface area contributed by atoms with Crippen molar-refractivity contribution in [1.29, 1.82) is 0 Å². The molecule has 0 radical (unpaired) electrons. The minimum atomic E-state index is -0.268. The molecule has 4 aromatic heterocycles. The first-order valence-corrected chi connectivity index (χ1v) is 14.0. The number of halogens is 1. The topological polar surface area (TPSA) is 82.3 Å². The molecule has 1 fully saturated rings. The van der Waals surface area contributed by atoms with Gasteiger partial charge >= 0.3 is 0 Å². The second-order valence-electron chi connectivity index (χ2n) is 9.97. The zero-order chi connectivity index (χ0) is 28.9. The highest BCUT2D eigenvalue weighted by Crippen LogP contribution is 2.35. The SMILES string of the molecule is C=C/C=C(/c1ccc(F)cc1)c1cc(-c2n[nH]c3cnc(-c4cncc(NC(=C)C5CCC5)c4)cc23)[nH]c1C.CC. The van der Waals surface area contributed by atoms with E-state index in [1.807, 2.05) is 45.3 Å². The predicted molar refractivity (Wildman–Crippen MR) is 167 cm³/mol. The average molecular weight is 547 g/mol. The molecule has 4 heterocycles. The van der Waals surface area contributed by atoms with Crippen molar-refractivity contribution in [3.63, 3.8) is 0 Å². The highest BCUT2D eigenvalue weighted by atomic mass is 19.1. The summed E-state index contributed by atoms with van der Waals surface area (Å²) in [4.78, 5) is 12.6. The Balaban J connectivity index is 0.00000165. The third kappa shape index (κ3) is 5.75. The summed E-state index contributed by atoms with van der Waals surface area (Å²) in [5.74, 6) is 0.270. The van der Waals surface area contributed by atoms with Crippen molar-refractivity contribution in [1.82, 2.24) is 25.1 Å². The molecule has 1 aliphatic rings. The Morgan fingerprint density at radius 3 is 2.56 bits per heavy atom. The molecular formula is C34H35FN6. The van der Waals surface area contributed by atoms with E-state index < -0.39 is 0 Å². The van der Waals surface area contributed by atoms with Gasteiger partial charge in [0.1, 0.15) is 11.5 Å². The van der Waals surface area contributed by atoms with Gasteiger partial charge in [0, 0.05) is 34.1 Å². The molecule has 0 spiro atoms. The molecule has 0 amide bonds. The fourth-order valence-electron chi connectivity index (χ4n) is 5.03. The van der Waals surface area contributed by atoms with E-state index in [2.05, 4.69) is 55.8 Å². The van der Waals surface area contributed by atoms with Crippen molar-refractivity contribution in [3.8, 4) is 22.6 Å². The van der Waals surface area contributed by atoms with Crippen LogP contribution < -0.4 is 5.32 Å². The Morgan fingerprint density at radius 2 is 1.85 bits per heavy atom. The quantitative estimate of drug-likeness (QED) is 0.170. The molecule has 0 atom stereocenters. The van der Waals surface area contributed by atoms with Gasteiger partial charge in [-0.3, -0.25) is 15.1 Å². The van der Waals surface area contributed by atoms with Gasteiger partial charge in [0.25, 0.3) is 0 Å². The van der Waals surface area contributed by atoms with Crippen LogP contribution in [0.3, 0.4) is 0 Å². The Labute approximate surface area is 240 Å². The first-order valence-electron chi connectivity index (χ1n) is 14.0. The number of aromatic amines is 2. The van der Waals surface area contributed by atoms with Crippen molar-refractivity contribution in [2.24, 2.45) is 5.92 Å². The predicted octanol–water partition coefficient (Wildman–Crippen LogP) is 8.83. The molecule has 1 aliphatic carbocycles. The van der Waals surface area contributed by atoms with Crippen molar-refractivity contribution < 1.29 is 4.39 Å². The number of hydrogen-bond donors (Lipinski definition) is 3. The molecule has 41 heavy (non-hydrogen) atoms. The molecule has 0 bridgehead atoms. The normalized spacial score (nSPS) is 13.3. The first kappa shape index (κ1) is 27.8. The first-order chi connectivity index (χ1) is 20.0. The van der Waals surface area contributed by atoms with Gasteiger partial charge in [0.15, 0.2) is 0 Å². The van der Waals surface area contributed by atoms with Gasteiger partial charge in [-0.25, -0.2) is 4.39 Å². The monoisotopic (exact) mass is 546 g/mol. The van der Waals surface area contributed by atoms with Gasteiger partial charge in [0.2, 0.25) is 0 Å². The van der Waals surface area contributed by atoms with E-state index >= 15 is 0 Å². The summed E-state index contributed by atoms with van der Waals surface area (Å²) >= 11 is 0. The van der Waals surface area contributed by atoms with Gasteiger partial charge in [0.05, 0.1) is 35.0 Å². The van der Waals surface area contributed by atoms with E-state index in [1.165, 1.54) is 31.4 Å². The smallest absolute Gasteiger partial charge is 0.123 e. The Kier molecular flexibility index (Phi) is 8.24. The molecule has 6 nitrogen and oxygen atoms in total. The second kappa shape index (κ2) is 12.2. The molecule has 1 aromatic carbocycles. The number of hydrogen-bond acceptors (Lipinski definition) is 4. The van der Waals surface area contributed by atoms with Crippen molar-refractivity contribution in [2.45, 2.75) is 40.0 Å². The van der Waals surface area contributed by atoms with E-state index in [0.29, 0.717) is 5.92 Å². The molecule has 0 saturated heterocycles. The van der Waals surface area contributed by atoms with Crippen LogP contribution in [0.5, 0.6) is 0 Å². The number of allylic oxidation sites excluding steroid dienone is 3. The van der Waals surface area contributed by atoms with Crippen LogP contribution in [-0.2, 0) is 0 Å². The van der Waals surface area contributed by atoms with Crippen LogP contribution in [0.15, 0.2) is 92.1 Å². The third-order valence-corrected chi connectivity index (χ3v) is 7.38. The highest BCUT2D eigenvalue weighted by molar-refractivity contribution is 5.95. The van der Waals surface area contributed by atoms with Crippen molar-refractivity contribution in [2.75, 3.05) is 5.32 Å². The standard InChI is InChI=1S/C32H29FN6.C2H6/c1-4-6-26(22-9-11-24(33)12-10-22)27-14-30(37-20(27)3)32-28-15-29(35-18-31(28)38-39-32)23-13-25(17-34-16-23)36-19(2)21-7-5-8-21;1-2/h4,6,9-18,21,36-37H,1-2,5,7-8H2,3H3,(H,38,39);1-2H3/b26-6-;. The number of H-pyrrole nitrogens is 2. The second-order valence-corrected chi connectivity index (χ2v) is 9.97. The molecule has 3 N–H and O–H groups in total. The number of nitrogens with one attached hydrogen (secondary N) is 3. The number of fused-ring (bicyclic) bond motifs is 1. The molecule has 0 aliphatic heterocycles. The fourth-order valence-corrected chi connectivity index (χ4v) is 5.03. The lowest BCUT2D eigenvalue weighted by atomic mass is 9.83. The average Bonchev–Trinajstić information content (AvgIpc) is 3.55. The number of nitrogens with zero attached hydrogens (tertiary/aromatic N) is 3. The van der Waals surface area contributed by atoms with Crippen molar-refractivity contribution in [3.05, 3.63) is 115 Å². The maximum Gasteiger partial charge on any atom is 0.123 e. The van der Waals surface area contributed by atoms with Crippen LogP contribution in [0.25, 0.3) is 39.1 Å². The molecule has 7 heteroatoms. The molecule has 1 saturated carbocycles. The van der Waals surface area contributed by atoms with Gasteiger partial charge in [-0.15, -0.1) is 0 Å². The number of rotatable bonds is 8. The zero-order valence-electron chi connectivity index (χ0n) is 23.8. The summed E-state index contributed by atoms with van der Waals surface area (Å²) in [6.45, 7) is 14.1. The lowest BCUT2D eigenvalue weighted by molar-refractivity contribution is 0.371. The fraction of sp³-hybridized carbons (Fsp3) is 0.206. The summed E-state index contributed by atoms with van der Waals surface area (Å²) in [7, 11) is 0.